The van der Waals surface area contributed by atoms with Gasteiger partial charge in [-0.1, -0.05) is 6.92 Å². The van der Waals surface area contributed by atoms with Crippen LogP contribution in [0.5, 0.6) is 0 Å². The molecule has 5 rings (SSSR count). The van der Waals surface area contributed by atoms with Crippen LogP contribution in [-0.4, -0.2) is 109 Å². The summed E-state index contributed by atoms with van der Waals surface area (Å²) in [5, 5.41) is 5.39. The van der Waals surface area contributed by atoms with Gasteiger partial charge in [-0.2, -0.15) is 0 Å². The number of alkyl halides is 1. The molecule has 4 amide bonds. The number of aliphatic imine (C=N–C) groups is 1. The highest BCUT2D eigenvalue weighted by Crippen LogP contribution is 2.31. The second-order valence-corrected chi connectivity index (χ2v) is 10.8. The van der Waals surface area contributed by atoms with Gasteiger partial charge in [0.25, 0.3) is 0 Å². The van der Waals surface area contributed by atoms with Crippen LogP contribution in [0.4, 0.5) is 13.6 Å². The number of nitrogens with zero attached hydrogens (tertiary/aromatic N) is 4. The van der Waals surface area contributed by atoms with E-state index in [0.717, 1.165) is 18.9 Å². The molecule has 3 aliphatic heterocycles. The summed E-state index contributed by atoms with van der Waals surface area (Å²) >= 11 is 0. The summed E-state index contributed by atoms with van der Waals surface area (Å²) in [6.07, 6.45) is 4.95. The zero-order valence-electron chi connectivity index (χ0n) is 22.4. The van der Waals surface area contributed by atoms with E-state index in [-0.39, 0.29) is 81.1 Å². The summed E-state index contributed by atoms with van der Waals surface area (Å²) in [6, 6.07) is -1.16. The Hall–Kier alpha value is -3.61. The van der Waals surface area contributed by atoms with E-state index < -0.39 is 30.2 Å². The lowest BCUT2D eigenvalue weighted by Gasteiger charge is -2.40. The summed E-state index contributed by atoms with van der Waals surface area (Å²) in [7, 11) is 0. The van der Waals surface area contributed by atoms with Crippen LogP contribution < -0.4 is 10.6 Å². The molecule has 0 bridgehead atoms. The fraction of sp³-hybridized carbons (Fsp3) is 0.593. The number of nitrogens with one attached hydrogen (secondary N) is 2. The third-order valence-corrected chi connectivity index (χ3v) is 7.87. The topological polar surface area (TPSA) is 124 Å². The van der Waals surface area contributed by atoms with Crippen LogP contribution in [-0.2, 0) is 19.1 Å². The van der Waals surface area contributed by atoms with Crippen LogP contribution >= 0.6 is 0 Å². The molecule has 0 aromatic rings. The van der Waals surface area contributed by atoms with E-state index in [1.54, 1.807) is 16.0 Å². The number of piperazine rings is 1. The van der Waals surface area contributed by atoms with Gasteiger partial charge in [-0.05, 0) is 37.3 Å². The second-order valence-electron chi connectivity index (χ2n) is 10.8. The Balaban J connectivity index is 1.09. The third kappa shape index (κ3) is 6.24. The molecule has 0 aromatic carbocycles. The molecular weight excluding hydrogens is 526 g/mol. The van der Waals surface area contributed by atoms with Crippen LogP contribution in [0.15, 0.2) is 40.4 Å². The fourth-order valence-corrected chi connectivity index (χ4v) is 5.28. The second kappa shape index (κ2) is 11.9. The maximum Gasteiger partial charge on any atom is 0.414 e. The predicted octanol–water partition coefficient (Wildman–Crippen LogP) is 1.05. The number of allylic oxidation sites excluding steroid dienone is 1. The fourth-order valence-electron chi connectivity index (χ4n) is 5.28. The molecule has 2 N–H and O–H groups in total. The van der Waals surface area contributed by atoms with Gasteiger partial charge >= 0.3 is 6.09 Å². The lowest BCUT2D eigenvalue weighted by molar-refractivity contribution is -0.134. The number of rotatable bonds is 8. The monoisotopic (exact) mass is 560 g/mol. The first-order chi connectivity index (χ1) is 19.2. The summed E-state index contributed by atoms with van der Waals surface area (Å²) < 4.78 is 35.7. The quantitative estimate of drug-likeness (QED) is 0.458. The number of halogens is 2. The first-order valence-electron chi connectivity index (χ1n) is 13.7. The number of cyclic esters (lactones) is 1. The molecule has 11 nitrogen and oxygen atoms in total. The van der Waals surface area contributed by atoms with Gasteiger partial charge in [0.1, 0.15) is 18.1 Å². The highest BCUT2D eigenvalue weighted by Gasteiger charge is 2.40. The van der Waals surface area contributed by atoms with E-state index in [0.29, 0.717) is 12.0 Å². The van der Waals surface area contributed by atoms with Gasteiger partial charge in [-0.15, -0.1) is 0 Å². The SMILES string of the molecule is CC1CC=NC=C1C(=O)NCC(=O)N1CCN(C2C(F)=CC(N3CC(CNC(=O)C4CC4)OC3=O)=CC2F)CC1. The number of hydrogen-bond acceptors (Lipinski definition) is 7. The van der Waals surface area contributed by atoms with Gasteiger partial charge in [0, 0.05) is 55.8 Å². The molecule has 1 saturated carbocycles. The van der Waals surface area contributed by atoms with Gasteiger partial charge < -0.3 is 20.3 Å². The summed E-state index contributed by atoms with van der Waals surface area (Å²) in [5.41, 5.74) is 0.610. The zero-order chi connectivity index (χ0) is 28.4. The minimum atomic E-state index is -1.71. The number of amides is 4. The zero-order valence-corrected chi connectivity index (χ0v) is 22.4. The largest absolute Gasteiger partial charge is 0.442 e. The van der Waals surface area contributed by atoms with Crippen molar-refractivity contribution in [3.8, 4) is 0 Å². The van der Waals surface area contributed by atoms with Crippen molar-refractivity contribution < 1.29 is 32.7 Å². The van der Waals surface area contributed by atoms with Gasteiger partial charge in [0.05, 0.1) is 25.7 Å². The minimum absolute atomic E-state index is 0.0231. The molecule has 216 valence electrons. The van der Waals surface area contributed by atoms with E-state index in [1.807, 2.05) is 6.92 Å². The molecule has 0 aromatic heterocycles. The average molecular weight is 561 g/mol. The Morgan fingerprint density at radius 2 is 1.90 bits per heavy atom. The molecule has 5 aliphatic rings. The molecule has 2 aliphatic carbocycles. The molecule has 3 fully saturated rings. The Labute approximate surface area is 230 Å². The van der Waals surface area contributed by atoms with Crippen LogP contribution in [0, 0.1) is 11.8 Å². The lowest BCUT2D eigenvalue weighted by atomic mass is 9.97. The van der Waals surface area contributed by atoms with Gasteiger partial charge in [-0.3, -0.25) is 29.2 Å². The Bertz CT molecular complexity index is 1170. The van der Waals surface area contributed by atoms with E-state index in [2.05, 4.69) is 15.6 Å². The Kier molecular flexibility index (Phi) is 8.29. The summed E-state index contributed by atoms with van der Waals surface area (Å²) in [5.74, 6) is -1.33. The summed E-state index contributed by atoms with van der Waals surface area (Å²) in [6.45, 7) is 3.00. The Morgan fingerprint density at radius 1 is 1.15 bits per heavy atom. The number of carbonyl (C=O) groups excluding carboxylic acids is 4. The molecule has 13 heteroatoms. The van der Waals surface area contributed by atoms with Crippen molar-refractivity contribution in [3.63, 3.8) is 0 Å². The van der Waals surface area contributed by atoms with E-state index >= 15 is 8.78 Å². The normalized spacial score (nSPS) is 28.9. The van der Waals surface area contributed by atoms with E-state index in [1.165, 1.54) is 17.2 Å². The van der Waals surface area contributed by atoms with Crippen molar-refractivity contribution >= 4 is 30.0 Å². The maximum atomic E-state index is 15.3. The number of hydrogen-bond donors (Lipinski definition) is 2. The smallest absolute Gasteiger partial charge is 0.414 e. The molecule has 40 heavy (non-hydrogen) atoms. The van der Waals surface area contributed by atoms with Gasteiger partial charge in [0.2, 0.25) is 17.7 Å². The highest BCUT2D eigenvalue weighted by atomic mass is 19.1. The first-order valence-corrected chi connectivity index (χ1v) is 13.7. The van der Waals surface area contributed by atoms with Crippen LogP contribution in [0.25, 0.3) is 0 Å². The Morgan fingerprint density at radius 3 is 2.58 bits per heavy atom. The molecule has 3 heterocycles. The van der Waals surface area contributed by atoms with Crippen molar-refractivity contribution in [2.24, 2.45) is 16.8 Å². The number of ether oxygens (including phenoxy) is 1. The maximum absolute atomic E-state index is 15.3. The van der Waals surface area contributed by atoms with Crippen molar-refractivity contribution in [3.05, 3.63) is 35.4 Å². The highest BCUT2D eigenvalue weighted by molar-refractivity contribution is 5.97. The number of carbonyl (C=O) groups is 4. The molecular formula is C27H34F2N6O5. The van der Waals surface area contributed by atoms with Crippen LogP contribution in [0.2, 0.25) is 0 Å². The van der Waals surface area contributed by atoms with E-state index in [9.17, 15) is 19.2 Å². The van der Waals surface area contributed by atoms with Crippen molar-refractivity contribution in [2.45, 2.75) is 44.5 Å². The molecule has 0 spiro atoms. The third-order valence-electron chi connectivity index (χ3n) is 7.87. The standard InChI is InChI=1S/C27H34F2N6O5/c1-16-4-5-30-13-20(16)26(38)32-14-23(36)33-6-8-34(9-7-33)24-21(28)10-18(11-22(24)29)35-15-19(40-27(35)39)12-31-25(37)17-2-3-17/h5,10-11,13,16-17,19,21,24H,2-4,6-9,12,14-15H2,1H3,(H,31,37)(H,32,38). The summed E-state index contributed by atoms with van der Waals surface area (Å²) in [4.78, 5) is 57.6. The van der Waals surface area contributed by atoms with Crippen LogP contribution in [0.3, 0.4) is 0 Å². The average Bonchev–Trinajstić information content (AvgIpc) is 3.72. The molecule has 4 atom stereocenters. The molecule has 0 radical (unpaired) electrons. The van der Waals surface area contributed by atoms with Crippen molar-refractivity contribution in [1.29, 1.82) is 0 Å². The molecule has 4 unspecified atom stereocenters. The van der Waals surface area contributed by atoms with Gasteiger partial charge in [-0.25, -0.2) is 13.6 Å². The predicted molar refractivity (Wildman–Crippen MR) is 140 cm³/mol. The minimum Gasteiger partial charge on any atom is -0.442 e. The molecule has 2 saturated heterocycles. The van der Waals surface area contributed by atoms with Crippen molar-refractivity contribution in [2.75, 3.05) is 45.8 Å². The van der Waals surface area contributed by atoms with Gasteiger partial charge in [0.15, 0.2) is 0 Å². The van der Waals surface area contributed by atoms with Crippen molar-refractivity contribution in [1.82, 2.24) is 25.3 Å². The lowest BCUT2D eigenvalue weighted by Crippen LogP contribution is -2.56. The van der Waals surface area contributed by atoms with E-state index in [4.69, 9.17) is 4.74 Å². The van der Waals surface area contributed by atoms with Crippen LogP contribution in [0.1, 0.15) is 26.2 Å². The first kappa shape index (κ1) is 27.9.